The number of nitrogens with zero attached hydrogens (tertiary/aromatic N) is 2. The molecule has 4 rings (SSSR count). The summed E-state index contributed by atoms with van der Waals surface area (Å²) >= 11 is 0. The molecule has 6 heteroatoms. The zero-order valence-corrected chi connectivity index (χ0v) is 19.0. The van der Waals surface area contributed by atoms with Gasteiger partial charge in [0.25, 0.3) is 0 Å². The number of amides is 3. The van der Waals surface area contributed by atoms with Crippen molar-refractivity contribution in [1.82, 2.24) is 9.80 Å². The van der Waals surface area contributed by atoms with Crippen molar-refractivity contribution in [3.05, 3.63) is 54.1 Å². The van der Waals surface area contributed by atoms with E-state index in [1.165, 1.54) is 6.42 Å². The number of rotatable bonds is 4. The van der Waals surface area contributed by atoms with Crippen LogP contribution in [0.15, 0.2) is 48.5 Å². The van der Waals surface area contributed by atoms with Gasteiger partial charge in [-0.3, -0.25) is 4.79 Å². The lowest BCUT2D eigenvalue weighted by Crippen LogP contribution is -2.47. The molecular formula is C26H33N3O3. The Hall–Kier alpha value is -3.02. The third-order valence-electron chi connectivity index (χ3n) is 6.45. The molecule has 2 saturated heterocycles. The Labute approximate surface area is 190 Å². The van der Waals surface area contributed by atoms with Crippen LogP contribution >= 0.6 is 0 Å². The molecular weight excluding hydrogens is 402 g/mol. The average Bonchev–Trinajstić information content (AvgIpc) is 2.80. The predicted molar refractivity (Wildman–Crippen MR) is 126 cm³/mol. The van der Waals surface area contributed by atoms with Crippen LogP contribution in [0.25, 0.3) is 0 Å². The maximum Gasteiger partial charge on any atom is 0.321 e. The summed E-state index contributed by atoms with van der Waals surface area (Å²) < 4.78 is 6.02. The van der Waals surface area contributed by atoms with Crippen LogP contribution in [0.5, 0.6) is 11.5 Å². The summed E-state index contributed by atoms with van der Waals surface area (Å²) in [6, 6.07) is 15.1. The van der Waals surface area contributed by atoms with Gasteiger partial charge < -0.3 is 19.9 Å². The summed E-state index contributed by atoms with van der Waals surface area (Å²) in [4.78, 5) is 29.6. The summed E-state index contributed by atoms with van der Waals surface area (Å²) in [5, 5.41) is 2.99. The highest BCUT2D eigenvalue weighted by molar-refractivity contribution is 5.91. The Morgan fingerprint density at radius 3 is 2.50 bits per heavy atom. The molecule has 2 aromatic rings. The molecule has 2 aliphatic heterocycles. The molecule has 3 amide bonds. The molecule has 2 fully saturated rings. The molecule has 6 nitrogen and oxygen atoms in total. The number of urea groups is 1. The minimum atomic E-state index is -0.150. The third kappa shape index (κ3) is 5.42. The Morgan fingerprint density at radius 1 is 0.969 bits per heavy atom. The van der Waals surface area contributed by atoms with Crippen LogP contribution in [0.2, 0.25) is 0 Å². The van der Waals surface area contributed by atoms with Crippen molar-refractivity contribution in [2.24, 2.45) is 11.8 Å². The molecule has 1 atom stereocenters. The lowest BCUT2D eigenvalue weighted by Gasteiger charge is -2.37. The van der Waals surface area contributed by atoms with Gasteiger partial charge in [-0.2, -0.15) is 0 Å². The maximum atomic E-state index is 12.9. The molecule has 0 spiro atoms. The van der Waals surface area contributed by atoms with E-state index in [2.05, 4.69) is 12.2 Å². The second-order valence-electron chi connectivity index (χ2n) is 9.14. The van der Waals surface area contributed by atoms with Gasteiger partial charge >= 0.3 is 6.03 Å². The van der Waals surface area contributed by atoms with E-state index in [9.17, 15) is 9.59 Å². The normalized spacial score (nSPS) is 19.5. The summed E-state index contributed by atoms with van der Waals surface area (Å²) in [5.74, 6) is 2.23. The number of carbonyl (C=O) groups excluding carboxylic acids is 2. The van der Waals surface area contributed by atoms with Gasteiger partial charge in [-0.25, -0.2) is 4.79 Å². The zero-order valence-electron chi connectivity index (χ0n) is 19.0. The van der Waals surface area contributed by atoms with Crippen molar-refractivity contribution >= 4 is 17.6 Å². The van der Waals surface area contributed by atoms with Gasteiger partial charge in [-0.1, -0.05) is 31.2 Å². The Morgan fingerprint density at radius 2 is 1.75 bits per heavy atom. The van der Waals surface area contributed by atoms with E-state index in [1.54, 1.807) is 4.90 Å². The van der Waals surface area contributed by atoms with E-state index in [0.29, 0.717) is 30.4 Å². The first kappa shape index (κ1) is 22.2. The Bertz CT molecular complexity index is 953. The van der Waals surface area contributed by atoms with Crippen LogP contribution < -0.4 is 10.1 Å². The molecule has 32 heavy (non-hydrogen) atoms. The van der Waals surface area contributed by atoms with Gasteiger partial charge in [0.15, 0.2) is 5.75 Å². The van der Waals surface area contributed by atoms with Gasteiger partial charge in [0, 0.05) is 32.1 Å². The lowest BCUT2D eigenvalue weighted by atomic mass is 9.93. The number of likely N-dealkylation sites (tertiary alicyclic amines) is 2. The highest BCUT2D eigenvalue weighted by Crippen LogP contribution is 2.30. The van der Waals surface area contributed by atoms with E-state index in [0.717, 1.165) is 43.7 Å². The van der Waals surface area contributed by atoms with E-state index in [-0.39, 0.29) is 17.9 Å². The lowest BCUT2D eigenvalue weighted by molar-refractivity contribution is -0.138. The van der Waals surface area contributed by atoms with Gasteiger partial charge in [0.1, 0.15) is 5.75 Å². The standard InChI is InChI=1S/C26H33N3O3/c1-19-7-5-9-22(17-19)32-24-11-4-3-10-23(24)27-26(31)28-15-12-21(13-16-28)25(30)29-14-6-8-20(2)18-29/h3-5,7,9-11,17,20-21H,6,8,12-16,18H2,1-2H3,(H,27,31). The fourth-order valence-corrected chi connectivity index (χ4v) is 4.64. The fraction of sp³-hybridized carbons (Fsp3) is 0.462. The number of anilines is 1. The SMILES string of the molecule is Cc1cccc(Oc2ccccc2NC(=O)N2CCC(C(=O)N3CCCC(C)C3)CC2)c1. The minimum absolute atomic E-state index is 0.0290. The van der Waals surface area contributed by atoms with E-state index in [4.69, 9.17) is 4.74 Å². The zero-order chi connectivity index (χ0) is 22.5. The van der Waals surface area contributed by atoms with Crippen LogP contribution in [-0.4, -0.2) is 47.9 Å². The largest absolute Gasteiger partial charge is 0.455 e. The average molecular weight is 436 g/mol. The van der Waals surface area contributed by atoms with Gasteiger partial charge in [0.05, 0.1) is 5.69 Å². The number of hydrogen-bond donors (Lipinski definition) is 1. The van der Waals surface area contributed by atoms with Gasteiger partial charge in [0.2, 0.25) is 5.91 Å². The predicted octanol–water partition coefficient (Wildman–Crippen LogP) is 5.29. The quantitative estimate of drug-likeness (QED) is 0.710. The molecule has 1 N–H and O–H groups in total. The summed E-state index contributed by atoms with van der Waals surface area (Å²) in [7, 11) is 0. The fourth-order valence-electron chi connectivity index (χ4n) is 4.64. The molecule has 2 aromatic carbocycles. The molecule has 0 bridgehead atoms. The number of piperidine rings is 2. The molecule has 2 aliphatic rings. The molecule has 1 unspecified atom stereocenters. The van der Waals surface area contributed by atoms with Crippen molar-refractivity contribution in [2.75, 3.05) is 31.5 Å². The number of benzene rings is 2. The van der Waals surface area contributed by atoms with Crippen molar-refractivity contribution in [2.45, 2.75) is 39.5 Å². The van der Waals surface area contributed by atoms with Gasteiger partial charge in [-0.15, -0.1) is 0 Å². The maximum absolute atomic E-state index is 12.9. The highest BCUT2D eigenvalue weighted by atomic mass is 16.5. The Balaban J connectivity index is 1.33. The van der Waals surface area contributed by atoms with Crippen LogP contribution in [0, 0.1) is 18.8 Å². The van der Waals surface area contributed by atoms with Crippen molar-refractivity contribution in [3.63, 3.8) is 0 Å². The second-order valence-corrected chi connectivity index (χ2v) is 9.14. The number of ether oxygens (including phenoxy) is 1. The number of para-hydroxylation sites is 2. The topological polar surface area (TPSA) is 61.9 Å². The first-order valence-corrected chi connectivity index (χ1v) is 11.7. The third-order valence-corrected chi connectivity index (χ3v) is 6.45. The minimum Gasteiger partial charge on any atom is -0.455 e. The van der Waals surface area contributed by atoms with Gasteiger partial charge in [-0.05, 0) is 68.4 Å². The number of carbonyl (C=O) groups is 2. The van der Waals surface area contributed by atoms with E-state index < -0.39 is 0 Å². The second kappa shape index (κ2) is 10.1. The monoisotopic (exact) mass is 435 g/mol. The molecule has 0 saturated carbocycles. The summed E-state index contributed by atoms with van der Waals surface area (Å²) in [5.41, 5.74) is 1.75. The number of nitrogens with one attached hydrogen (secondary N) is 1. The number of aryl methyl sites for hydroxylation is 1. The van der Waals surface area contributed by atoms with Crippen LogP contribution in [-0.2, 0) is 4.79 Å². The molecule has 0 aliphatic carbocycles. The first-order valence-electron chi connectivity index (χ1n) is 11.7. The van der Waals surface area contributed by atoms with Crippen LogP contribution in [0.3, 0.4) is 0 Å². The van der Waals surface area contributed by atoms with Crippen LogP contribution in [0.1, 0.15) is 38.2 Å². The smallest absolute Gasteiger partial charge is 0.321 e. The van der Waals surface area contributed by atoms with E-state index in [1.807, 2.05) is 60.4 Å². The molecule has 170 valence electrons. The highest BCUT2D eigenvalue weighted by Gasteiger charge is 2.32. The van der Waals surface area contributed by atoms with Crippen molar-refractivity contribution in [1.29, 1.82) is 0 Å². The molecule has 2 heterocycles. The summed E-state index contributed by atoms with van der Waals surface area (Å²) in [6.07, 6.45) is 3.74. The summed E-state index contributed by atoms with van der Waals surface area (Å²) in [6.45, 7) is 7.16. The molecule has 0 aromatic heterocycles. The van der Waals surface area contributed by atoms with Crippen molar-refractivity contribution < 1.29 is 14.3 Å². The van der Waals surface area contributed by atoms with Crippen LogP contribution in [0.4, 0.5) is 10.5 Å². The molecule has 0 radical (unpaired) electrons. The number of hydrogen-bond acceptors (Lipinski definition) is 3. The first-order chi connectivity index (χ1) is 15.5. The Kier molecular flexibility index (Phi) is 6.98. The van der Waals surface area contributed by atoms with E-state index >= 15 is 0 Å². The van der Waals surface area contributed by atoms with Crippen molar-refractivity contribution in [3.8, 4) is 11.5 Å².